The van der Waals surface area contributed by atoms with Crippen LogP contribution in [0.3, 0.4) is 0 Å². The molecule has 31 heavy (non-hydrogen) atoms. The normalized spacial score (nSPS) is 19.5. The molecule has 2 saturated heterocycles. The number of piperidine rings is 1. The van der Waals surface area contributed by atoms with Crippen LogP contribution in [0.25, 0.3) is 0 Å². The van der Waals surface area contributed by atoms with Gasteiger partial charge in [0.1, 0.15) is 5.75 Å². The maximum atomic E-state index is 12.4. The molecular formula is C26H35N3O2. The fourth-order valence-corrected chi connectivity index (χ4v) is 4.59. The molecule has 2 heterocycles. The molecule has 2 fully saturated rings. The van der Waals surface area contributed by atoms with Crippen LogP contribution in [0, 0.1) is 6.92 Å². The summed E-state index contributed by atoms with van der Waals surface area (Å²) in [4.78, 5) is 16.9. The van der Waals surface area contributed by atoms with Crippen LogP contribution in [-0.2, 0) is 6.54 Å². The number of hydrogen-bond acceptors (Lipinski definition) is 3. The van der Waals surface area contributed by atoms with Crippen LogP contribution in [0.15, 0.2) is 48.5 Å². The second kappa shape index (κ2) is 10.7. The van der Waals surface area contributed by atoms with Crippen LogP contribution in [-0.4, -0.2) is 48.6 Å². The van der Waals surface area contributed by atoms with E-state index in [4.69, 9.17) is 4.74 Å². The molecule has 0 aromatic heterocycles. The quantitative estimate of drug-likeness (QED) is 0.586. The minimum absolute atomic E-state index is 0.000498. The number of benzene rings is 2. The molecule has 0 saturated carbocycles. The molecule has 2 aliphatic rings. The lowest BCUT2D eigenvalue weighted by atomic mass is 10.1. The van der Waals surface area contributed by atoms with E-state index in [-0.39, 0.29) is 12.1 Å². The lowest BCUT2D eigenvalue weighted by Gasteiger charge is -2.26. The molecule has 5 heteroatoms. The Balaban J connectivity index is 1.22. The number of carbonyl (C=O) groups is 1. The van der Waals surface area contributed by atoms with Crippen molar-refractivity contribution in [1.82, 2.24) is 15.1 Å². The third-order valence-corrected chi connectivity index (χ3v) is 6.38. The van der Waals surface area contributed by atoms with Crippen LogP contribution in [0.5, 0.6) is 5.75 Å². The summed E-state index contributed by atoms with van der Waals surface area (Å²) < 4.78 is 6.04. The lowest BCUT2D eigenvalue weighted by molar-refractivity contribution is 0.215. The van der Waals surface area contributed by atoms with Crippen molar-refractivity contribution in [2.75, 3.05) is 32.8 Å². The second-order valence-electron chi connectivity index (χ2n) is 8.85. The number of nitrogens with one attached hydrogen (secondary N) is 1. The van der Waals surface area contributed by atoms with Gasteiger partial charge in [-0.05, 0) is 75.0 Å². The molecule has 2 aromatic rings. The standard InChI is InChI=1S/C26H35N3O2/c1-21-18-22(19-29-20-24(27-26(29)30)23-10-4-2-5-11-23)12-13-25(21)31-17-9-8-16-28-14-6-3-7-15-28/h2,4-5,10-13,18,24H,3,6-9,14-17,19-20H2,1H3,(H,27,30)/t24-/m1/s1. The average molecular weight is 422 g/mol. The highest BCUT2D eigenvalue weighted by molar-refractivity contribution is 5.77. The largest absolute Gasteiger partial charge is 0.493 e. The SMILES string of the molecule is Cc1cc(CN2C[C@H](c3ccccc3)NC2=O)ccc1OCCCCN1CCCCC1. The summed E-state index contributed by atoms with van der Waals surface area (Å²) >= 11 is 0. The van der Waals surface area contributed by atoms with E-state index in [1.54, 1.807) is 0 Å². The number of unbranched alkanes of at least 4 members (excludes halogenated alkanes) is 1. The number of carbonyl (C=O) groups excluding carboxylic acids is 1. The third-order valence-electron chi connectivity index (χ3n) is 6.38. The first-order valence-corrected chi connectivity index (χ1v) is 11.7. The van der Waals surface area contributed by atoms with Crippen molar-refractivity contribution in [3.8, 4) is 5.75 Å². The van der Waals surface area contributed by atoms with E-state index in [9.17, 15) is 4.79 Å². The van der Waals surface area contributed by atoms with Crippen molar-refractivity contribution >= 4 is 6.03 Å². The summed E-state index contributed by atoms with van der Waals surface area (Å²) in [6.07, 6.45) is 6.39. The first kappa shape index (κ1) is 21.7. The predicted octanol–water partition coefficient (Wildman–Crippen LogP) is 4.91. The predicted molar refractivity (Wildman–Crippen MR) is 124 cm³/mol. The summed E-state index contributed by atoms with van der Waals surface area (Å²) in [7, 11) is 0. The molecule has 4 rings (SSSR count). The van der Waals surface area contributed by atoms with Gasteiger partial charge in [0.2, 0.25) is 0 Å². The number of likely N-dealkylation sites (tertiary alicyclic amines) is 1. The van der Waals surface area contributed by atoms with Gasteiger partial charge in [-0.2, -0.15) is 0 Å². The molecule has 2 amide bonds. The fraction of sp³-hybridized carbons (Fsp3) is 0.500. The maximum absolute atomic E-state index is 12.4. The molecule has 2 aliphatic heterocycles. The second-order valence-corrected chi connectivity index (χ2v) is 8.85. The van der Waals surface area contributed by atoms with E-state index in [1.165, 1.54) is 45.3 Å². The number of hydrogen-bond donors (Lipinski definition) is 1. The highest BCUT2D eigenvalue weighted by Gasteiger charge is 2.29. The van der Waals surface area contributed by atoms with Gasteiger partial charge >= 0.3 is 6.03 Å². The molecule has 5 nitrogen and oxygen atoms in total. The summed E-state index contributed by atoms with van der Waals surface area (Å²) in [5.74, 6) is 0.953. The molecule has 2 aromatic carbocycles. The molecule has 0 radical (unpaired) electrons. The van der Waals surface area contributed by atoms with Crippen molar-refractivity contribution in [1.29, 1.82) is 0 Å². The van der Waals surface area contributed by atoms with Gasteiger partial charge in [-0.1, -0.05) is 48.9 Å². The van der Waals surface area contributed by atoms with Gasteiger partial charge in [0, 0.05) is 13.1 Å². The Hall–Kier alpha value is -2.53. The van der Waals surface area contributed by atoms with Crippen molar-refractivity contribution in [3.63, 3.8) is 0 Å². The van der Waals surface area contributed by atoms with Crippen molar-refractivity contribution in [2.45, 2.75) is 51.6 Å². The van der Waals surface area contributed by atoms with Crippen LogP contribution >= 0.6 is 0 Å². The van der Waals surface area contributed by atoms with E-state index in [0.717, 1.165) is 35.5 Å². The molecule has 0 aliphatic carbocycles. The maximum Gasteiger partial charge on any atom is 0.318 e. The van der Waals surface area contributed by atoms with Gasteiger partial charge in [-0.3, -0.25) is 0 Å². The minimum atomic E-state index is 0.000498. The molecule has 166 valence electrons. The van der Waals surface area contributed by atoms with Crippen molar-refractivity contribution < 1.29 is 9.53 Å². The monoisotopic (exact) mass is 421 g/mol. The van der Waals surface area contributed by atoms with Crippen molar-refractivity contribution in [3.05, 3.63) is 65.2 Å². The average Bonchev–Trinajstić information content (AvgIpc) is 3.16. The Kier molecular flexibility index (Phi) is 7.47. The Morgan fingerprint density at radius 3 is 2.61 bits per heavy atom. The molecular weight excluding hydrogens is 386 g/mol. The Bertz CT molecular complexity index is 849. The highest BCUT2D eigenvalue weighted by atomic mass is 16.5. The van der Waals surface area contributed by atoms with E-state index < -0.39 is 0 Å². The number of nitrogens with zero attached hydrogens (tertiary/aromatic N) is 2. The minimum Gasteiger partial charge on any atom is -0.493 e. The molecule has 1 atom stereocenters. The Labute approximate surface area is 186 Å². The zero-order valence-corrected chi connectivity index (χ0v) is 18.7. The first-order valence-electron chi connectivity index (χ1n) is 11.7. The van der Waals surface area contributed by atoms with E-state index >= 15 is 0 Å². The van der Waals surface area contributed by atoms with Crippen molar-refractivity contribution in [2.24, 2.45) is 0 Å². The molecule has 0 spiro atoms. The van der Waals surface area contributed by atoms with Gasteiger partial charge in [-0.15, -0.1) is 0 Å². The van der Waals surface area contributed by atoms with Gasteiger partial charge < -0.3 is 19.9 Å². The zero-order chi connectivity index (χ0) is 21.5. The summed E-state index contributed by atoms with van der Waals surface area (Å²) in [6, 6.07) is 16.5. The lowest BCUT2D eigenvalue weighted by Crippen LogP contribution is -2.30. The number of rotatable bonds is 9. The zero-order valence-electron chi connectivity index (χ0n) is 18.7. The smallest absolute Gasteiger partial charge is 0.318 e. The summed E-state index contributed by atoms with van der Waals surface area (Å²) in [5.41, 5.74) is 3.42. The number of aryl methyl sites for hydroxylation is 1. The Morgan fingerprint density at radius 1 is 1.03 bits per heavy atom. The van der Waals surface area contributed by atoms with Crippen LogP contribution in [0.4, 0.5) is 4.79 Å². The third kappa shape index (κ3) is 6.01. The molecule has 0 bridgehead atoms. The molecule has 1 N–H and O–H groups in total. The van der Waals surface area contributed by atoms with E-state index in [1.807, 2.05) is 23.1 Å². The molecule has 0 unspecified atom stereocenters. The van der Waals surface area contributed by atoms with Crippen LogP contribution < -0.4 is 10.1 Å². The van der Waals surface area contributed by atoms with Crippen LogP contribution in [0.1, 0.15) is 54.8 Å². The van der Waals surface area contributed by atoms with Gasteiger partial charge in [-0.25, -0.2) is 4.79 Å². The van der Waals surface area contributed by atoms with Gasteiger partial charge in [0.25, 0.3) is 0 Å². The van der Waals surface area contributed by atoms with Gasteiger partial charge in [0.05, 0.1) is 12.6 Å². The summed E-state index contributed by atoms with van der Waals surface area (Å²) in [6.45, 7) is 7.89. The van der Waals surface area contributed by atoms with E-state index in [0.29, 0.717) is 13.1 Å². The first-order chi connectivity index (χ1) is 15.2. The number of ether oxygens (including phenoxy) is 1. The van der Waals surface area contributed by atoms with Crippen LogP contribution in [0.2, 0.25) is 0 Å². The fourth-order valence-electron chi connectivity index (χ4n) is 4.59. The Morgan fingerprint density at radius 2 is 1.84 bits per heavy atom. The van der Waals surface area contributed by atoms with Gasteiger partial charge in [0.15, 0.2) is 0 Å². The number of amides is 2. The highest BCUT2D eigenvalue weighted by Crippen LogP contribution is 2.24. The number of urea groups is 1. The topological polar surface area (TPSA) is 44.8 Å². The summed E-state index contributed by atoms with van der Waals surface area (Å²) in [5, 5.41) is 3.09. The van der Waals surface area contributed by atoms with E-state index in [2.05, 4.69) is 47.5 Å².